The van der Waals surface area contributed by atoms with Crippen molar-refractivity contribution >= 4 is 16.9 Å². The summed E-state index contributed by atoms with van der Waals surface area (Å²) in [5.74, 6) is 3.22. The van der Waals surface area contributed by atoms with Crippen LogP contribution in [0.5, 0.6) is 0 Å². The van der Waals surface area contributed by atoms with Crippen molar-refractivity contribution in [3.8, 4) is 0 Å². The van der Waals surface area contributed by atoms with Crippen molar-refractivity contribution < 1.29 is 4.52 Å². The van der Waals surface area contributed by atoms with Crippen LogP contribution in [0, 0.1) is 12.8 Å². The maximum absolute atomic E-state index is 4.95. The van der Waals surface area contributed by atoms with E-state index in [1.54, 1.807) is 6.92 Å². The van der Waals surface area contributed by atoms with Crippen LogP contribution in [0.4, 0.5) is 0 Å². The highest BCUT2D eigenvalue weighted by Gasteiger charge is 2.40. The Morgan fingerprint density at radius 3 is 3.21 bits per heavy atom. The van der Waals surface area contributed by atoms with Gasteiger partial charge in [0.15, 0.2) is 11.0 Å². The minimum atomic E-state index is 0.286. The Morgan fingerprint density at radius 2 is 2.47 bits per heavy atom. The molecule has 2 unspecified atom stereocenters. The Hall–Kier alpha value is -1.04. The quantitative estimate of drug-likeness (QED) is 0.902. The lowest BCUT2D eigenvalue weighted by molar-refractivity contribution is 0.242. The highest BCUT2D eigenvalue weighted by atomic mass is 32.2. The Kier molecular flexibility index (Phi) is 3.52. The van der Waals surface area contributed by atoms with Crippen molar-refractivity contribution in [3.63, 3.8) is 0 Å². The summed E-state index contributed by atoms with van der Waals surface area (Å²) < 4.78 is 4.95. The lowest BCUT2D eigenvalue weighted by atomic mass is 9.78. The molecule has 6 heteroatoms. The number of amidine groups is 1. The van der Waals surface area contributed by atoms with Crippen molar-refractivity contribution in [2.45, 2.75) is 51.6 Å². The van der Waals surface area contributed by atoms with E-state index in [2.05, 4.69) is 27.4 Å². The smallest absolute Gasteiger partial charge is 0.223 e. The van der Waals surface area contributed by atoms with Gasteiger partial charge in [-0.25, -0.2) is 0 Å². The van der Waals surface area contributed by atoms with Crippen molar-refractivity contribution in [1.29, 1.82) is 0 Å². The van der Waals surface area contributed by atoms with Crippen LogP contribution in [0.1, 0.15) is 44.3 Å². The molecule has 1 aliphatic carbocycles. The van der Waals surface area contributed by atoms with E-state index < -0.39 is 0 Å². The molecule has 19 heavy (non-hydrogen) atoms. The minimum Gasteiger partial charge on any atom is -0.359 e. The fraction of sp³-hybridized carbons (Fsp3) is 0.769. The van der Waals surface area contributed by atoms with Crippen LogP contribution in [0.25, 0.3) is 0 Å². The van der Waals surface area contributed by atoms with Crippen LogP contribution in [0.2, 0.25) is 0 Å². The molecule has 104 valence electrons. The number of aryl methyl sites for hydroxylation is 1. The van der Waals surface area contributed by atoms with Gasteiger partial charge in [-0.1, -0.05) is 36.7 Å². The third-order valence-electron chi connectivity index (χ3n) is 3.88. The van der Waals surface area contributed by atoms with E-state index in [9.17, 15) is 0 Å². The third kappa shape index (κ3) is 2.94. The molecule has 1 aromatic heterocycles. The van der Waals surface area contributed by atoms with E-state index in [4.69, 9.17) is 4.52 Å². The molecule has 3 rings (SSSR count). The van der Waals surface area contributed by atoms with Gasteiger partial charge in [-0.2, -0.15) is 4.98 Å². The predicted molar refractivity (Wildman–Crippen MR) is 76.1 cm³/mol. The fourth-order valence-electron chi connectivity index (χ4n) is 3.04. The SMILES string of the molecule is Cc1nc(CN=C2NC3(CCCC(C)C3)CS2)no1. The Balaban J connectivity index is 1.62. The highest BCUT2D eigenvalue weighted by Crippen LogP contribution is 2.38. The Bertz CT molecular complexity index is 487. The second kappa shape index (κ2) is 5.15. The number of nitrogens with zero attached hydrogens (tertiary/aromatic N) is 3. The predicted octanol–water partition coefficient (Wildman–Crippen LogP) is 2.52. The molecule has 1 saturated heterocycles. The van der Waals surface area contributed by atoms with E-state index in [0.717, 1.165) is 16.8 Å². The van der Waals surface area contributed by atoms with E-state index in [-0.39, 0.29) is 5.54 Å². The van der Waals surface area contributed by atoms with E-state index in [1.165, 1.54) is 25.7 Å². The minimum absolute atomic E-state index is 0.286. The standard InChI is InChI=1S/C13H20N4OS/c1-9-4-3-5-13(6-9)8-19-12(16-13)14-7-11-15-10(2)18-17-11/h9H,3-8H2,1-2H3,(H,14,16). The summed E-state index contributed by atoms with van der Waals surface area (Å²) in [5.41, 5.74) is 0.286. The number of aliphatic imine (C=N–C) groups is 1. The van der Waals surface area contributed by atoms with Crippen molar-refractivity contribution in [3.05, 3.63) is 11.7 Å². The lowest BCUT2D eigenvalue weighted by Crippen LogP contribution is -2.47. The molecule has 2 heterocycles. The molecule has 5 nitrogen and oxygen atoms in total. The summed E-state index contributed by atoms with van der Waals surface area (Å²) in [6.07, 6.45) is 5.22. The van der Waals surface area contributed by atoms with Gasteiger partial charge in [0.1, 0.15) is 6.54 Å². The largest absolute Gasteiger partial charge is 0.359 e. The second-order valence-corrected chi connectivity index (χ2v) is 6.71. The van der Waals surface area contributed by atoms with Crippen LogP contribution in [0.3, 0.4) is 0 Å². The van der Waals surface area contributed by atoms with Gasteiger partial charge in [-0.05, 0) is 18.8 Å². The van der Waals surface area contributed by atoms with Crippen molar-refractivity contribution in [1.82, 2.24) is 15.5 Å². The molecule has 1 N–H and O–H groups in total. The lowest BCUT2D eigenvalue weighted by Gasteiger charge is -2.36. The summed E-state index contributed by atoms with van der Waals surface area (Å²) in [4.78, 5) is 8.73. The second-order valence-electron chi connectivity index (χ2n) is 5.75. The molecule has 2 atom stereocenters. The van der Waals surface area contributed by atoms with Crippen LogP contribution in [-0.4, -0.2) is 26.6 Å². The zero-order valence-electron chi connectivity index (χ0n) is 11.5. The monoisotopic (exact) mass is 280 g/mol. The molecular formula is C13H20N4OS. The summed E-state index contributed by atoms with van der Waals surface area (Å²) in [6, 6.07) is 0. The zero-order valence-corrected chi connectivity index (χ0v) is 12.3. The average Bonchev–Trinajstić information content (AvgIpc) is 2.94. The van der Waals surface area contributed by atoms with Gasteiger partial charge < -0.3 is 9.84 Å². The van der Waals surface area contributed by atoms with Gasteiger partial charge in [0.2, 0.25) is 5.89 Å². The molecule has 2 aliphatic rings. The normalized spacial score (nSPS) is 32.9. The highest BCUT2D eigenvalue weighted by molar-refractivity contribution is 8.14. The molecule has 0 bridgehead atoms. The first-order valence-corrected chi connectivity index (χ1v) is 7.88. The first-order chi connectivity index (χ1) is 9.15. The molecule has 0 aromatic carbocycles. The number of hydrogen-bond acceptors (Lipinski definition) is 5. The van der Waals surface area contributed by atoms with Gasteiger partial charge in [0, 0.05) is 18.2 Å². The number of aromatic nitrogens is 2. The van der Waals surface area contributed by atoms with Gasteiger partial charge >= 0.3 is 0 Å². The van der Waals surface area contributed by atoms with Gasteiger partial charge in [0.25, 0.3) is 0 Å². The molecule has 2 fully saturated rings. The first-order valence-electron chi connectivity index (χ1n) is 6.90. The van der Waals surface area contributed by atoms with Crippen LogP contribution in [0.15, 0.2) is 9.52 Å². The van der Waals surface area contributed by atoms with Crippen LogP contribution in [-0.2, 0) is 6.54 Å². The van der Waals surface area contributed by atoms with Crippen LogP contribution < -0.4 is 5.32 Å². The van der Waals surface area contributed by atoms with Crippen molar-refractivity contribution in [2.75, 3.05) is 5.75 Å². The fourth-order valence-corrected chi connectivity index (χ4v) is 4.24. The molecule has 1 saturated carbocycles. The van der Waals surface area contributed by atoms with E-state index >= 15 is 0 Å². The molecule has 1 spiro atoms. The molecule has 0 amide bonds. The molecule has 1 aliphatic heterocycles. The Morgan fingerprint density at radius 1 is 1.58 bits per heavy atom. The van der Waals surface area contributed by atoms with E-state index in [1.807, 2.05) is 11.8 Å². The maximum atomic E-state index is 4.95. The zero-order chi connectivity index (χ0) is 13.3. The third-order valence-corrected chi connectivity index (χ3v) is 5.08. The summed E-state index contributed by atoms with van der Waals surface area (Å²) in [5, 5.41) is 8.54. The summed E-state index contributed by atoms with van der Waals surface area (Å²) in [7, 11) is 0. The average molecular weight is 280 g/mol. The van der Waals surface area contributed by atoms with Gasteiger partial charge in [-0.3, -0.25) is 4.99 Å². The van der Waals surface area contributed by atoms with Gasteiger partial charge in [0.05, 0.1) is 0 Å². The number of thioether (sulfide) groups is 1. The van der Waals surface area contributed by atoms with Gasteiger partial charge in [-0.15, -0.1) is 0 Å². The van der Waals surface area contributed by atoms with E-state index in [0.29, 0.717) is 18.3 Å². The molecular weight excluding hydrogens is 260 g/mol. The molecule has 0 radical (unpaired) electrons. The number of rotatable bonds is 2. The number of nitrogens with one attached hydrogen (secondary N) is 1. The van der Waals surface area contributed by atoms with Crippen molar-refractivity contribution in [2.24, 2.45) is 10.9 Å². The topological polar surface area (TPSA) is 63.3 Å². The van der Waals surface area contributed by atoms with Crippen LogP contribution >= 0.6 is 11.8 Å². The summed E-state index contributed by atoms with van der Waals surface area (Å²) in [6.45, 7) is 4.65. The maximum Gasteiger partial charge on any atom is 0.223 e. The Labute approximate surface area is 117 Å². The first kappa shape index (κ1) is 13.0. The number of hydrogen-bond donors (Lipinski definition) is 1. The summed E-state index contributed by atoms with van der Waals surface area (Å²) >= 11 is 1.83. The molecule has 1 aromatic rings.